The molecule has 2 aromatic rings. The SMILES string of the molecule is CC1(C)C[C@@H]2SCCCC(=O)N2[C@@H]1C(=O)N[C@H](COCCCCOC[C@@H](NC=O)c1ccccc1)c1ccccc1. The number of nitrogens with one attached hydrogen (secondary N) is 2. The molecule has 41 heavy (non-hydrogen) atoms. The third kappa shape index (κ3) is 8.56. The molecule has 2 aromatic carbocycles. The molecule has 0 aliphatic carbocycles. The normalized spacial score (nSPS) is 21.4. The number of amides is 3. The molecule has 2 aliphatic heterocycles. The van der Waals surface area contributed by atoms with Crippen LogP contribution in [0.25, 0.3) is 0 Å². The van der Waals surface area contributed by atoms with Gasteiger partial charge in [-0.3, -0.25) is 14.4 Å². The Balaban J connectivity index is 1.26. The number of rotatable bonds is 15. The van der Waals surface area contributed by atoms with Crippen LogP contribution in [0.4, 0.5) is 0 Å². The van der Waals surface area contributed by atoms with E-state index >= 15 is 0 Å². The fraction of sp³-hybridized carbons (Fsp3) is 0.531. The molecule has 8 nitrogen and oxygen atoms in total. The van der Waals surface area contributed by atoms with Gasteiger partial charge in [-0.05, 0) is 48.0 Å². The quantitative estimate of drug-likeness (QED) is 0.235. The molecule has 2 fully saturated rings. The van der Waals surface area contributed by atoms with Crippen molar-refractivity contribution in [3.63, 3.8) is 0 Å². The van der Waals surface area contributed by atoms with Crippen molar-refractivity contribution in [3.8, 4) is 0 Å². The molecule has 2 aliphatic rings. The van der Waals surface area contributed by atoms with Crippen LogP contribution in [-0.2, 0) is 23.9 Å². The molecule has 4 rings (SSSR count). The van der Waals surface area contributed by atoms with Crippen LogP contribution in [0.3, 0.4) is 0 Å². The molecule has 4 atom stereocenters. The fourth-order valence-electron chi connectivity index (χ4n) is 5.68. The van der Waals surface area contributed by atoms with Crippen LogP contribution in [0, 0.1) is 5.41 Å². The lowest BCUT2D eigenvalue weighted by Crippen LogP contribution is -2.53. The van der Waals surface area contributed by atoms with Crippen LogP contribution in [-0.4, -0.2) is 66.7 Å². The summed E-state index contributed by atoms with van der Waals surface area (Å²) in [6, 6.07) is 18.6. The smallest absolute Gasteiger partial charge is 0.243 e. The van der Waals surface area contributed by atoms with Gasteiger partial charge in [0.2, 0.25) is 18.2 Å². The highest BCUT2D eigenvalue weighted by Crippen LogP contribution is 2.46. The molecule has 3 amide bonds. The van der Waals surface area contributed by atoms with Crippen molar-refractivity contribution in [1.82, 2.24) is 15.5 Å². The first-order chi connectivity index (χ1) is 19.9. The number of nitrogens with zero attached hydrogens (tertiary/aromatic N) is 1. The van der Waals surface area contributed by atoms with E-state index in [0.717, 1.165) is 42.6 Å². The number of hydrogen-bond acceptors (Lipinski definition) is 6. The molecule has 0 aromatic heterocycles. The summed E-state index contributed by atoms with van der Waals surface area (Å²) in [6.07, 6.45) is 4.50. The van der Waals surface area contributed by atoms with Gasteiger partial charge in [0.05, 0.1) is 30.7 Å². The molecular formula is C32H43N3O5S. The van der Waals surface area contributed by atoms with Gasteiger partial charge >= 0.3 is 0 Å². The minimum Gasteiger partial charge on any atom is -0.379 e. The highest BCUT2D eigenvalue weighted by atomic mass is 32.2. The van der Waals surface area contributed by atoms with Gasteiger partial charge in [-0.1, -0.05) is 74.5 Å². The Kier molecular flexibility index (Phi) is 11.7. The molecule has 9 heteroatoms. The van der Waals surface area contributed by atoms with Gasteiger partial charge in [0.1, 0.15) is 6.04 Å². The number of unbranched alkanes of at least 4 members (excludes halogenated alkanes) is 1. The summed E-state index contributed by atoms with van der Waals surface area (Å²) in [4.78, 5) is 39.6. The first kappa shape index (κ1) is 31.1. The Labute approximate surface area is 247 Å². The number of carbonyl (C=O) groups is 3. The summed E-state index contributed by atoms with van der Waals surface area (Å²) in [5.41, 5.74) is 1.67. The second kappa shape index (κ2) is 15.4. The lowest BCUT2D eigenvalue weighted by molar-refractivity contribution is -0.141. The Hall–Kier alpha value is -2.88. The summed E-state index contributed by atoms with van der Waals surface area (Å²) in [5, 5.41) is 6.10. The van der Waals surface area contributed by atoms with Crippen molar-refractivity contribution in [2.75, 3.05) is 32.2 Å². The van der Waals surface area contributed by atoms with E-state index in [4.69, 9.17) is 9.47 Å². The summed E-state index contributed by atoms with van der Waals surface area (Å²) >= 11 is 1.80. The lowest BCUT2D eigenvalue weighted by atomic mass is 9.84. The number of benzene rings is 2. The van der Waals surface area contributed by atoms with E-state index in [0.29, 0.717) is 39.3 Å². The first-order valence-corrected chi connectivity index (χ1v) is 15.6. The minimum absolute atomic E-state index is 0.0570. The molecule has 222 valence electrons. The number of fused-ring (bicyclic) bond motifs is 1. The van der Waals surface area contributed by atoms with E-state index in [1.165, 1.54) is 0 Å². The molecule has 0 bridgehead atoms. The van der Waals surface area contributed by atoms with Crippen LogP contribution in [0.2, 0.25) is 0 Å². The largest absolute Gasteiger partial charge is 0.379 e. The van der Waals surface area contributed by atoms with Gasteiger partial charge in [-0.25, -0.2) is 0 Å². The van der Waals surface area contributed by atoms with Crippen molar-refractivity contribution in [2.45, 2.75) is 69.5 Å². The molecule has 2 N–H and O–H groups in total. The van der Waals surface area contributed by atoms with E-state index < -0.39 is 6.04 Å². The van der Waals surface area contributed by atoms with Gasteiger partial charge in [0, 0.05) is 19.6 Å². The summed E-state index contributed by atoms with van der Waals surface area (Å²) in [6.45, 7) is 6.03. The van der Waals surface area contributed by atoms with Gasteiger partial charge in [-0.15, -0.1) is 11.8 Å². The van der Waals surface area contributed by atoms with E-state index in [2.05, 4.69) is 24.5 Å². The molecular weight excluding hydrogens is 538 g/mol. The molecule has 0 unspecified atom stereocenters. The van der Waals surface area contributed by atoms with Crippen molar-refractivity contribution < 1.29 is 23.9 Å². The standard InChI is InChI=1S/C32H43N3O5S/c1-32(2)20-29-35(28(37)16-11-19-41-29)30(32)31(38)34-27(25-14-7-4-8-15-25)22-40-18-10-9-17-39-21-26(33-23-36)24-12-5-3-6-13-24/h3-8,12-15,23,26-27,29-30H,9-11,16-22H2,1-2H3,(H,33,36)(H,34,38)/t26-,27-,29+,30-/m1/s1. The zero-order chi connectivity index (χ0) is 29.1. The van der Waals surface area contributed by atoms with E-state index in [-0.39, 0.29) is 34.7 Å². The van der Waals surface area contributed by atoms with Crippen molar-refractivity contribution in [1.29, 1.82) is 0 Å². The maximum absolute atomic E-state index is 13.8. The average Bonchev–Trinajstić information content (AvgIpc) is 3.14. The second-order valence-electron chi connectivity index (χ2n) is 11.4. The number of carbonyl (C=O) groups excluding carboxylic acids is 3. The number of hydrogen-bond donors (Lipinski definition) is 2. The molecule has 2 saturated heterocycles. The van der Waals surface area contributed by atoms with Crippen LogP contribution >= 0.6 is 11.8 Å². The summed E-state index contributed by atoms with van der Waals surface area (Å²) < 4.78 is 11.9. The molecule has 0 saturated carbocycles. The maximum atomic E-state index is 13.8. The van der Waals surface area contributed by atoms with Gasteiger partial charge in [0.25, 0.3) is 0 Å². The van der Waals surface area contributed by atoms with E-state index in [9.17, 15) is 14.4 Å². The third-order valence-corrected chi connectivity index (χ3v) is 9.10. The van der Waals surface area contributed by atoms with Crippen LogP contribution in [0.5, 0.6) is 0 Å². The fourth-order valence-corrected chi connectivity index (χ4v) is 7.21. The molecule has 0 radical (unpaired) electrons. The Bertz CT molecular complexity index is 1120. The van der Waals surface area contributed by atoms with Crippen molar-refractivity contribution in [3.05, 3.63) is 71.8 Å². The zero-order valence-electron chi connectivity index (χ0n) is 24.1. The Morgan fingerprint density at radius 2 is 1.59 bits per heavy atom. The van der Waals surface area contributed by atoms with Crippen LogP contribution in [0.1, 0.15) is 69.2 Å². The first-order valence-electron chi connectivity index (χ1n) is 14.6. The van der Waals surface area contributed by atoms with Crippen molar-refractivity contribution in [2.24, 2.45) is 5.41 Å². The van der Waals surface area contributed by atoms with Crippen LogP contribution in [0.15, 0.2) is 60.7 Å². The van der Waals surface area contributed by atoms with Gasteiger partial charge < -0.3 is 25.0 Å². The minimum atomic E-state index is -0.498. The maximum Gasteiger partial charge on any atom is 0.243 e. The highest BCUT2D eigenvalue weighted by molar-refractivity contribution is 7.99. The lowest BCUT2D eigenvalue weighted by Gasteiger charge is -2.33. The zero-order valence-corrected chi connectivity index (χ0v) is 24.9. The monoisotopic (exact) mass is 581 g/mol. The van der Waals surface area contributed by atoms with Crippen molar-refractivity contribution >= 4 is 30.0 Å². The van der Waals surface area contributed by atoms with Crippen LogP contribution < -0.4 is 10.6 Å². The van der Waals surface area contributed by atoms with Gasteiger partial charge in [0.15, 0.2) is 0 Å². The average molecular weight is 582 g/mol. The Morgan fingerprint density at radius 3 is 2.20 bits per heavy atom. The Morgan fingerprint density at radius 1 is 1.00 bits per heavy atom. The van der Waals surface area contributed by atoms with Gasteiger partial charge in [-0.2, -0.15) is 0 Å². The predicted octanol–water partition coefficient (Wildman–Crippen LogP) is 4.62. The summed E-state index contributed by atoms with van der Waals surface area (Å²) in [7, 11) is 0. The predicted molar refractivity (Wildman–Crippen MR) is 161 cm³/mol. The molecule has 2 heterocycles. The second-order valence-corrected chi connectivity index (χ2v) is 12.7. The van der Waals surface area contributed by atoms with E-state index in [1.807, 2.05) is 65.6 Å². The number of ether oxygens (including phenoxy) is 2. The number of thioether (sulfide) groups is 1. The molecule has 0 spiro atoms. The third-order valence-electron chi connectivity index (χ3n) is 7.80. The topological polar surface area (TPSA) is 97.0 Å². The highest BCUT2D eigenvalue weighted by Gasteiger charge is 2.52. The summed E-state index contributed by atoms with van der Waals surface area (Å²) in [5.74, 6) is 0.917. The van der Waals surface area contributed by atoms with E-state index in [1.54, 1.807) is 11.8 Å².